The van der Waals surface area contributed by atoms with Gasteiger partial charge < -0.3 is 9.47 Å². The first kappa shape index (κ1) is 13.4. The van der Waals surface area contributed by atoms with Gasteiger partial charge in [0.05, 0.1) is 19.1 Å². The standard InChI is InChI=1S/C12H16O5/c1-4-16-11(14)8-6-9(13)10(7(8)3)12(15)17-5-2/h8H,4-6H2,1-3H3. The molecule has 0 bridgehead atoms. The molecule has 0 aromatic carbocycles. The third-order valence-corrected chi connectivity index (χ3v) is 2.64. The van der Waals surface area contributed by atoms with Crippen molar-refractivity contribution in [2.45, 2.75) is 27.2 Å². The zero-order valence-corrected chi connectivity index (χ0v) is 10.2. The molecule has 0 amide bonds. The molecule has 0 saturated carbocycles. The zero-order valence-electron chi connectivity index (χ0n) is 10.2. The first-order valence-electron chi connectivity index (χ1n) is 5.60. The number of carbonyl (C=O) groups excluding carboxylic acids is 3. The molecule has 0 radical (unpaired) electrons. The van der Waals surface area contributed by atoms with Crippen LogP contribution in [0, 0.1) is 5.92 Å². The van der Waals surface area contributed by atoms with E-state index in [1.54, 1.807) is 20.8 Å². The first-order valence-corrected chi connectivity index (χ1v) is 5.60. The number of Topliss-reactive ketones (excluding diaryl/α,β-unsaturated/α-hetero) is 1. The quantitative estimate of drug-likeness (QED) is 0.542. The molecule has 5 heteroatoms. The Morgan fingerprint density at radius 1 is 1.24 bits per heavy atom. The summed E-state index contributed by atoms with van der Waals surface area (Å²) in [6, 6.07) is 0. The van der Waals surface area contributed by atoms with Crippen LogP contribution in [0.3, 0.4) is 0 Å². The average Bonchev–Trinajstić information content (AvgIpc) is 2.55. The minimum absolute atomic E-state index is 0.00118. The van der Waals surface area contributed by atoms with Crippen molar-refractivity contribution in [2.24, 2.45) is 5.92 Å². The van der Waals surface area contributed by atoms with Crippen LogP contribution in [0.2, 0.25) is 0 Å². The molecule has 0 saturated heterocycles. The van der Waals surface area contributed by atoms with Gasteiger partial charge in [-0.1, -0.05) is 0 Å². The van der Waals surface area contributed by atoms with Crippen molar-refractivity contribution in [3.05, 3.63) is 11.1 Å². The predicted octanol–water partition coefficient (Wildman–Crippen LogP) is 1.02. The smallest absolute Gasteiger partial charge is 0.341 e. The molecule has 0 aliphatic heterocycles. The molecule has 1 aliphatic carbocycles. The highest BCUT2D eigenvalue weighted by molar-refractivity contribution is 6.21. The van der Waals surface area contributed by atoms with Crippen molar-refractivity contribution < 1.29 is 23.9 Å². The van der Waals surface area contributed by atoms with Crippen LogP contribution in [0.5, 0.6) is 0 Å². The lowest BCUT2D eigenvalue weighted by atomic mass is 10.0. The van der Waals surface area contributed by atoms with Gasteiger partial charge in [0.2, 0.25) is 0 Å². The van der Waals surface area contributed by atoms with E-state index in [9.17, 15) is 14.4 Å². The SMILES string of the molecule is CCOC(=O)C1=C(C)C(C(=O)OCC)CC1=O. The molecule has 1 unspecified atom stereocenters. The van der Waals surface area contributed by atoms with Gasteiger partial charge in [0.25, 0.3) is 0 Å². The number of ether oxygens (including phenoxy) is 2. The Labute approximate surface area is 99.8 Å². The van der Waals surface area contributed by atoms with E-state index in [0.29, 0.717) is 5.57 Å². The van der Waals surface area contributed by atoms with E-state index in [-0.39, 0.29) is 31.0 Å². The Hall–Kier alpha value is -1.65. The molecular formula is C12H16O5. The summed E-state index contributed by atoms with van der Waals surface area (Å²) in [5.74, 6) is -2.10. The molecule has 17 heavy (non-hydrogen) atoms. The normalized spacial score (nSPS) is 19.5. The molecule has 0 heterocycles. The van der Waals surface area contributed by atoms with Crippen molar-refractivity contribution in [3.8, 4) is 0 Å². The fraction of sp³-hybridized carbons (Fsp3) is 0.583. The third-order valence-electron chi connectivity index (χ3n) is 2.64. The van der Waals surface area contributed by atoms with Crippen LogP contribution < -0.4 is 0 Å². The van der Waals surface area contributed by atoms with E-state index in [2.05, 4.69) is 0 Å². The summed E-state index contributed by atoms with van der Waals surface area (Å²) in [6.07, 6.45) is -0.00118. The van der Waals surface area contributed by atoms with Crippen LogP contribution in [-0.4, -0.2) is 30.9 Å². The molecule has 1 atom stereocenters. The van der Waals surface area contributed by atoms with Crippen molar-refractivity contribution in [3.63, 3.8) is 0 Å². The lowest BCUT2D eigenvalue weighted by Gasteiger charge is -2.09. The molecule has 0 spiro atoms. The van der Waals surface area contributed by atoms with Gasteiger partial charge in [-0.25, -0.2) is 4.79 Å². The highest BCUT2D eigenvalue weighted by atomic mass is 16.5. The summed E-state index contributed by atoms with van der Waals surface area (Å²) in [4.78, 5) is 34.8. The Kier molecular flexibility index (Phi) is 4.43. The molecule has 0 aromatic heterocycles. The minimum atomic E-state index is -0.651. The minimum Gasteiger partial charge on any atom is -0.466 e. The van der Waals surface area contributed by atoms with Crippen LogP contribution in [0.15, 0.2) is 11.1 Å². The summed E-state index contributed by atoms with van der Waals surface area (Å²) in [6.45, 7) is 5.41. The lowest BCUT2D eigenvalue weighted by Crippen LogP contribution is -2.17. The predicted molar refractivity (Wildman–Crippen MR) is 59.1 cm³/mol. The van der Waals surface area contributed by atoms with Crippen LogP contribution in [0.1, 0.15) is 27.2 Å². The zero-order chi connectivity index (χ0) is 13.0. The monoisotopic (exact) mass is 240 g/mol. The van der Waals surface area contributed by atoms with Crippen LogP contribution in [-0.2, 0) is 23.9 Å². The van der Waals surface area contributed by atoms with Crippen molar-refractivity contribution in [1.82, 2.24) is 0 Å². The van der Waals surface area contributed by atoms with E-state index in [1.165, 1.54) is 0 Å². The maximum absolute atomic E-state index is 11.7. The molecule has 0 aromatic rings. The Balaban J connectivity index is 2.92. The van der Waals surface area contributed by atoms with E-state index in [0.717, 1.165) is 0 Å². The summed E-state index contributed by atoms with van der Waals surface area (Å²) in [5, 5.41) is 0. The Morgan fingerprint density at radius 2 is 1.82 bits per heavy atom. The van der Waals surface area contributed by atoms with Crippen LogP contribution in [0.4, 0.5) is 0 Å². The average molecular weight is 240 g/mol. The molecular weight excluding hydrogens is 224 g/mol. The molecule has 0 fully saturated rings. The van der Waals surface area contributed by atoms with Gasteiger partial charge >= 0.3 is 11.9 Å². The second-order valence-corrected chi connectivity index (χ2v) is 3.71. The van der Waals surface area contributed by atoms with E-state index in [4.69, 9.17) is 9.47 Å². The fourth-order valence-corrected chi connectivity index (χ4v) is 1.82. The molecule has 94 valence electrons. The number of ketones is 1. The summed E-state index contributed by atoms with van der Waals surface area (Å²) < 4.78 is 9.64. The van der Waals surface area contributed by atoms with Gasteiger partial charge in [-0.15, -0.1) is 0 Å². The fourth-order valence-electron chi connectivity index (χ4n) is 1.82. The highest BCUT2D eigenvalue weighted by Crippen LogP contribution is 2.30. The van der Waals surface area contributed by atoms with E-state index < -0.39 is 17.9 Å². The van der Waals surface area contributed by atoms with Crippen molar-refractivity contribution >= 4 is 17.7 Å². The summed E-state index contributed by atoms with van der Waals surface area (Å²) in [5.41, 5.74) is 0.455. The molecule has 1 aliphatic rings. The van der Waals surface area contributed by atoms with Gasteiger partial charge in [-0.3, -0.25) is 9.59 Å². The first-order chi connectivity index (χ1) is 8.02. The number of rotatable bonds is 4. The number of hydrogen-bond acceptors (Lipinski definition) is 5. The number of hydrogen-bond donors (Lipinski definition) is 0. The molecule has 0 N–H and O–H groups in total. The number of esters is 2. The van der Waals surface area contributed by atoms with Crippen LogP contribution in [0.25, 0.3) is 0 Å². The Bertz CT molecular complexity index is 380. The number of carbonyl (C=O) groups is 3. The molecule has 5 nitrogen and oxygen atoms in total. The van der Waals surface area contributed by atoms with E-state index in [1.807, 2.05) is 0 Å². The largest absolute Gasteiger partial charge is 0.466 e. The maximum atomic E-state index is 11.7. The molecule has 1 rings (SSSR count). The van der Waals surface area contributed by atoms with Crippen LogP contribution >= 0.6 is 0 Å². The lowest BCUT2D eigenvalue weighted by molar-refractivity contribution is -0.147. The maximum Gasteiger partial charge on any atom is 0.341 e. The highest BCUT2D eigenvalue weighted by Gasteiger charge is 2.38. The second-order valence-electron chi connectivity index (χ2n) is 3.71. The Morgan fingerprint density at radius 3 is 2.35 bits per heavy atom. The topological polar surface area (TPSA) is 69.7 Å². The summed E-state index contributed by atoms with van der Waals surface area (Å²) in [7, 11) is 0. The van der Waals surface area contributed by atoms with Gasteiger partial charge in [-0.2, -0.15) is 0 Å². The van der Waals surface area contributed by atoms with Gasteiger partial charge in [0, 0.05) is 6.42 Å². The van der Waals surface area contributed by atoms with Gasteiger partial charge in [0.1, 0.15) is 5.57 Å². The second kappa shape index (κ2) is 5.61. The summed E-state index contributed by atoms with van der Waals surface area (Å²) >= 11 is 0. The van der Waals surface area contributed by atoms with E-state index >= 15 is 0 Å². The van der Waals surface area contributed by atoms with Crippen molar-refractivity contribution in [1.29, 1.82) is 0 Å². The van der Waals surface area contributed by atoms with Gasteiger partial charge in [0.15, 0.2) is 5.78 Å². The third kappa shape index (κ3) is 2.72. The van der Waals surface area contributed by atoms with Crippen molar-refractivity contribution in [2.75, 3.05) is 13.2 Å². The van der Waals surface area contributed by atoms with Gasteiger partial charge in [-0.05, 0) is 26.3 Å².